The Hall–Kier alpha value is -1.82. The number of carboxylic acids is 1. The molecule has 0 fully saturated rings. The van der Waals surface area contributed by atoms with Crippen molar-refractivity contribution in [3.05, 3.63) is 24.0 Å². The summed E-state index contributed by atoms with van der Waals surface area (Å²) >= 11 is 0. The standard InChI is InChI=1S/C16H27N3O3/c1-12-8-10-19(2)11-13(12)6-7-15(20)18-9-4-3-5-14(17)16(21)22/h8,10-12,14H,3-7,9,17H2,1-2H3,(H,18,20)(H,21,22)/t12?,14-/m0/s1. The zero-order valence-corrected chi connectivity index (χ0v) is 13.4. The molecule has 1 amide bonds. The Kier molecular flexibility index (Phi) is 7.66. The fraction of sp³-hybridized carbons (Fsp3) is 0.625. The Morgan fingerprint density at radius 2 is 2.18 bits per heavy atom. The highest BCUT2D eigenvalue weighted by atomic mass is 16.4. The number of unbranched alkanes of at least 4 members (excludes halogenated alkanes) is 1. The first-order valence-electron chi connectivity index (χ1n) is 7.76. The minimum Gasteiger partial charge on any atom is -0.480 e. The number of nitrogens with two attached hydrogens (primary N) is 1. The van der Waals surface area contributed by atoms with E-state index < -0.39 is 12.0 Å². The average molecular weight is 309 g/mol. The number of hydrogen-bond acceptors (Lipinski definition) is 4. The molecule has 22 heavy (non-hydrogen) atoms. The van der Waals surface area contributed by atoms with E-state index in [4.69, 9.17) is 10.8 Å². The summed E-state index contributed by atoms with van der Waals surface area (Å²) in [7, 11) is 1.98. The third kappa shape index (κ3) is 6.76. The van der Waals surface area contributed by atoms with Crippen molar-refractivity contribution in [1.29, 1.82) is 0 Å². The molecular weight excluding hydrogens is 282 g/mol. The van der Waals surface area contributed by atoms with Gasteiger partial charge in [-0.25, -0.2) is 0 Å². The van der Waals surface area contributed by atoms with Crippen LogP contribution in [0.3, 0.4) is 0 Å². The van der Waals surface area contributed by atoms with Crippen LogP contribution in [0.25, 0.3) is 0 Å². The zero-order valence-electron chi connectivity index (χ0n) is 13.4. The molecule has 0 aliphatic carbocycles. The van der Waals surface area contributed by atoms with E-state index in [1.165, 1.54) is 5.57 Å². The Morgan fingerprint density at radius 3 is 2.86 bits per heavy atom. The fourth-order valence-electron chi connectivity index (χ4n) is 2.29. The van der Waals surface area contributed by atoms with Crippen molar-refractivity contribution in [1.82, 2.24) is 10.2 Å². The van der Waals surface area contributed by atoms with Gasteiger partial charge in [-0.05, 0) is 43.4 Å². The molecule has 2 atom stereocenters. The number of carbonyl (C=O) groups excluding carboxylic acids is 1. The summed E-state index contributed by atoms with van der Waals surface area (Å²) in [6.45, 7) is 2.69. The maximum absolute atomic E-state index is 11.8. The molecule has 1 rings (SSSR count). The second kappa shape index (κ2) is 9.25. The van der Waals surface area contributed by atoms with Crippen molar-refractivity contribution < 1.29 is 14.7 Å². The van der Waals surface area contributed by atoms with E-state index in [-0.39, 0.29) is 5.91 Å². The number of amides is 1. The number of rotatable bonds is 9. The molecule has 0 saturated heterocycles. The summed E-state index contributed by atoms with van der Waals surface area (Å²) in [5.74, 6) is -0.563. The molecule has 1 aliphatic heterocycles. The van der Waals surface area contributed by atoms with Crippen molar-refractivity contribution in [2.24, 2.45) is 11.7 Å². The van der Waals surface area contributed by atoms with Gasteiger partial charge in [0.1, 0.15) is 6.04 Å². The Bertz CT molecular complexity index is 446. The van der Waals surface area contributed by atoms with Crippen molar-refractivity contribution >= 4 is 11.9 Å². The Labute approximate surface area is 132 Å². The van der Waals surface area contributed by atoms with E-state index in [1.807, 2.05) is 18.1 Å². The number of carboxylic acid groups (broad SMARTS) is 1. The van der Waals surface area contributed by atoms with E-state index in [1.54, 1.807) is 0 Å². The van der Waals surface area contributed by atoms with Crippen LogP contribution in [0.5, 0.6) is 0 Å². The molecule has 0 aromatic heterocycles. The van der Waals surface area contributed by atoms with Crippen LogP contribution in [-0.4, -0.2) is 41.5 Å². The predicted octanol–water partition coefficient (Wildman–Crippen LogP) is 1.44. The van der Waals surface area contributed by atoms with Crippen LogP contribution in [0.2, 0.25) is 0 Å². The lowest BCUT2D eigenvalue weighted by Crippen LogP contribution is -2.30. The van der Waals surface area contributed by atoms with E-state index in [2.05, 4.69) is 24.5 Å². The van der Waals surface area contributed by atoms with Crippen LogP contribution >= 0.6 is 0 Å². The van der Waals surface area contributed by atoms with Gasteiger partial charge in [-0.2, -0.15) is 0 Å². The first-order chi connectivity index (χ1) is 10.4. The second-order valence-electron chi connectivity index (χ2n) is 5.79. The summed E-state index contributed by atoms with van der Waals surface area (Å²) < 4.78 is 0. The highest BCUT2D eigenvalue weighted by Gasteiger charge is 2.13. The number of nitrogens with zero attached hydrogens (tertiary/aromatic N) is 1. The monoisotopic (exact) mass is 309 g/mol. The first kappa shape index (κ1) is 18.2. The van der Waals surface area contributed by atoms with Gasteiger partial charge in [-0.15, -0.1) is 0 Å². The summed E-state index contributed by atoms with van der Waals surface area (Å²) in [4.78, 5) is 24.3. The lowest BCUT2D eigenvalue weighted by molar-refractivity contribution is -0.138. The lowest BCUT2D eigenvalue weighted by Gasteiger charge is -2.21. The van der Waals surface area contributed by atoms with Crippen LogP contribution in [0.4, 0.5) is 0 Å². The number of aliphatic carboxylic acids is 1. The van der Waals surface area contributed by atoms with Gasteiger partial charge in [-0.3, -0.25) is 9.59 Å². The molecule has 0 bridgehead atoms. The molecule has 6 nitrogen and oxygen atoms in total. The van der Waals surface area contributed by atoms with Crippen molar-refractivity contribution in [2.75, 3.05) is 13.6 Å². The van der Waals surface area contributed by atoms with Crippen LogP contribution < -0.4 is 11.1 Å². The normalized spacial score (nSPS) is 18.8. The fourth-order valence-corrected chi connectivity index (χ4v) is 2.29. The van der Waals surface area contributed by atoms with E-state index >= 15 is 0 Å². The van der Waals surface area contributed by atoms with E-state index in [9.17, 15) is 9.59 Å². The van der Waals surface area contributed by atoms with Gasteiger partial charge in [-0.1, -0.05) is 13.0 Å². The average Bonchev–Trinajstić information content (AvgIpc) is 2.47. The molecular formula is C16H27N3O3. The van der Waals surface area contributed by atoms with Crippen LogP contribution in [-0.2, 0) is 9.59 Å². The lowest BCUT2D eigenvalue weighted by atomic mass is 9.95. The number of nitrogens with one attached hydrogen (secondary N) is 1. The maximum Gasteiger partial charge on any atom is 0.320 e. The molecule has 0 aromatic rings. The minimum atomic E-state index is -0.974. The molecule has 1 unspecified atom stereocenters. The third-order valence-corrected chi connectivity index (χ3v) is 3.79. The SMILES string of the molecule is CC1C=CN(C)C=C1CCC(=O)NCCCC[C@H](N)C(=O)O. The molecule has 0 spiro atoms. The first-order valence-corrected chi connectivity index (χ1v) is 7.76. The number of hydrogen-bond donors (Lipinski definition) is 3. The van der Waals surface area contributed by atoms with Gasteiger partial charge >= 0.3 is 5.97 Å². The molecule has 124 valence electrons. The third-order valence-electron chi connectivity index (χ3n) is 3.79. The molecule has 1 heterocycles. The molecule has 0 radical (unpaired) electrons. The van der Waals surface area contributed by atoms with E-state index in [0.29, 0.717) is 31.7 Å². The van der Waals surface area contributed by atoms with Gasteiger partial charge in [0, 0.05) is 26.2 Å². The molecule has 6 heteroatoms. The summed E-state index contributed by atoms with van der Waals surface area (Å²) in [5, 5.41) is 11.5. The summed E-state index contributed by atoms with van der Waals surface area (Å²) in [5.41, 5.74) is 6.67. The summed E-state index contributed by atoms with van der Waals surface area (Å²) in [6, 6.07) is -0.805. The molecule has 1 aliphatic rings. The van der Waals surface area contributed by atoms with Crippen LogP contribution in [0.15, 0.2) is 24.0 Å². The van der Waals surface area contributed by atoms with Crippen molar-refractivity contribution in [3.8, 4) is 0 Å². The van der Waals surface area contributed by atoms with Crippen LogP contribution in [0, 0.1) is 5.92 Å². The van der Waals surface area contributed by atoms with Gasteiger partial charge in [0.25, 0.3) is 0 Å². The van der Waals surface area contributed by atoms with Crippen molar-refractivity contribution in [3.63, 3.8) is 0 Å². The highest BCUT2D eigenvalue weighted by molar-refractivity contribution is 5.76. The molecule has 4 N–H and O–H groups in total. The van der Waals surface area contributed by atoms with Crippen molar-refractivity contribution in [2.45, 2.75) is 45.1 Å². The molecule has 0 aromatic carbocycles. The minimum absolute atomic E-state index is 0.0350. The Morgan fingerprint density at radius 1 is 1.45 bits per heavy atom. The molecule has 0 saturated carbocycles. The number of allylic oxidation sites excluding steroid dienone is 2. The van der Waals surface area contributed by atoms with Gasteiger partial charge in [0.2, 0.25) is 5.91 Å². The topological polar surface area (TPSA) is 95.7 Å². The Balaban J connectivity index is 2.13. The zero-order chi connectivity index (χ0) is 16.5. The largest absolute Gasteiger partial charge is 0.480 e. The van der Waals surface area contributed by atoms with Gasteiger partial charge in [0.15, 0.2) is 0 Å². The second-order valence-corrected chi connectivity index (χ2v) is 5.79. The maximum atomic E-state index is 11.8. The van der Waals surface area contributed by atoms with E-state index in [0.717, 1.165) is 12.8 Å². The van der Waals surface area contributed by atoms with Gasteiger partial charge in [0.05, 0.1) is 0 Å². The highest BCUT2D eigenvalue weighted by Crippen LogP contribution is 2.22. The summed E-state index contributed by atoms with van der Waals surface area (Å²) in [6.07, 6.45) is 9.34. The number of carbonyl (C=O) groups is 2. The smallest absolute Gasteiger partial charge is 0.320 e. The van der Waals surface area contributed by atoms with Crippen LogP contribution in [0.1, 0.15) is 39.0 Å². The quantitative estimate of drug-likeness (QED) is 0.560. The van der Waals surface area contributed by atoms with Gasteiger partial charge < -0.3 is 21.1 Å². The predicted molar refractivity (Wildman–Crippen MR) is 85.9 cm³/mol.